The van der Waals surface area contributed by atoms with Crippen molar-refractivity contribution in [2.45, 2.75) is 6.18 Å². The average molecular weight is 425 g/mol. The molecule has 0 saturated carbocycles. The van der Waals surface area contributed by atoms with Crippen molar-refractivity contribution in [1.82, 2.24) is 0 Å². The monoisotopic (exact) mass is 425 g/mol. The number of benzene rings is 2. The minimum absolute atomic E-state index is 0.0679. The summed E-state index contributed by atoms with van der Waals surface area (Å²) in [5.41, 5.74) is -0.192. The molecular formula is C19H14F3NO3S2. The summed E-state index contributed by atoms with van der Waals surface area (Å²) in [6.45, 7) is 0. The van der Waals surface area contributed by atoms with Crippen LogP contribution >= 0.6 is 24.0 Å². The van der Waals surface area contributed by atoms with Gasteiger partial charge in [0.2, 0.25) is 0 Å². The number of ether oxygens (including phenoxy) is 2. The fourth-order valence-corrected chi connectivity index (χ4v) is 3.97. The zero-order chi connectivity index (χ0) is 20.5. The summed E-state index contributed by atoms with van der Waals surface area (Å²) in [4.78, 5) is 14.2. The Bertz CT molecular complexity index is 973. The van der Waals surface area contributed by atoms with Gasteiger partial charge in [-0.3, -0.25) is 9.69 Å². The first-order valence-electron chi connectivity index (χ1n) is 7.92. The number of carbonyl (C=O) groups excluding carboxylic acids is 1. The van der Waals surface area contributed by atoms with Gasteiger partial charge in [0.1, 0.15) is 0 Å². The first-order valence-corrected chi connectivity index (χ1v) is 9.15. The molecule has 0 N–H and O–H groups in total. The third-order valence-electron chi connectivity index (χ3n) is 3.95. The van der Waals surface area contributed by atoms with Crippen molar-refractivity contribution in [3.8, 4) is 11.5 Å². The van der Waals surface area contributed by atoms with Crippen LogP contribution in [0.3, 0.4) is 0 Å². The molecule has 1 aliphatic rings. The number of halogens is 3. The Morgan fingerprint density at radius 1 is 1.11 bits per heavy atom. The van der Waals surface area contributed by atoms with Gasteiger partial charge in [-0.2, -0.15) is 13.2 Å². The van der Waals surface area contributed by atoms with Crippen molar-refractivity contribution >= 4 is 46.0 Å². The van der Waals surface area contributed by atoms with E-state index in [9.17, 15) is 18.0 Å². The van der Waals surface area contributed by atoms with E-state index in [1.807, 2.05) is 0 Å². The van der Waals surface area contributed by atoms with Crippen molar-refractivity contribution in [3.63, 3.8) is 0 Å². The smallest absolute Gasteiger partial charge is 0.416 e. The molecule has 3 rings (SSSR count). The summed E-state index contributed by atoms with van der Waals surface area (Å²) in [5, 5.41) is 0. The zero-order valence-electron chi connectivity index (χ0n) is 14.7. The number of thiocarbonyl (C=S) groups is 1. The normalized spacial score (nSPS) is 16.0. The molecule has 0 unspecified atom stereocenters. The number of amides is 1. The van der Waals surface area contributed by atoms with E-state index in [2.05, 4.69) is 0 Å². The minimum Gasteiger partial charge on any atom is -0.493 e. The summed E-state index contributed by atoms with van der Waals surface area (Å²) < 4.78 is 49.7. The lowest BCUT2D eigenvalue weighted by atomic mass is 10.1. The Kier molecular flexibility index (Phi) is 5.66. The molecule has 0 aromatic heterocycles. The summed E-state index contributed by atoms with van der Waals surface area (Å²) in [6, 6.07) is 9.68. The highest BCUT2D eigenvalue weighted by Crippen LogP contribution is 2.40. The number of alkyl halides is 3. The van der Waals surface area contributed by atoms with Crippen LogP contribution in [0.5, 0.6) is 11.5 Å². The van der Waals surface area contributed by atoms with Crippen LogP contribution in [0.1, 0.15) is 11.1 Å². The molecule has 1 fully saturated rings. The van der Waals surface area contributed by atoms with Gasteiger partial charge in [-0.1, -0.05) is 42.2 Å². The van der Waals surface area contributed by atoms with E-state index in [4.69, 9.17) is 21.7 Å². The van der Waals surface area contributed by atoms with E-state index in [-0.39, 0.29) is 14.9 Å². The maximum atomic E-state index is 13.0. The van der Waals surface area contributed by atoms with E-state index in [0.29, 0.717) is 17.1 Å². The van der Waals surface area contributed by atoms with E-state index in [0.717, 1.165) is 28.8 Å². The molecule has 146 valence electrons. The molecule has 2 aromatic rings. The van der Waals surface area contributed by atoms with Crippen LogP contribution in [0.25, 0.3) is 6.08 Å². The van der Waals surface area contributed by atoms with Crippen LogP contribution in [-0.2, 0) is 11.0 Å². The molecule has 0 atom stereocenters. The Labute approximate surface area is 168 Å². The van der Waals surface area contributed by atoms with Gasteiger partial charge in [-0.05, 0) is 30.3 Å². The second-order valence-corrected chi connectivity index (χ2v) is 7.32. The molecule has 0 bridgehead atoms. The number of anilines is 1. The van der Waals surface area contributed by atoms with Crippen LogP contribution in [0, 0.1) is 0 Å². The average Bonchev–Trinajstić information content (AvgIpc) is 2.94. The number of methoxy groups -OCH3 is 2. The first kappa shape index (κ1) is 20.2. The summed E-state index contributed by atoms with van der Waals surface area (Å²) >= 11 is 6.24. The number of thioether (sulfide) groups is 1. The van der Waals surface area contributed by atoms with Crippen molar-refractivity contribution in [3.05, 3.63) is 58.5 Å². The number of rotatable bonds is 4. The molecule has 0 aliphatic carbocycles. The number of carbonyl (C=O) groups is 1. The zero-order valence-corrected chi connectivity index (χ0v) is 16.4. The van der Waals surface area contributed by atoms with Gasteiger partial charge in [0, 0.05) is 5.56 Å². The molecule has 1 heterocycles. The number of hydrogen-bond acceptors (Lipinski definition) is 5. The van der Waals surface area contributed by atoms with Gasteiger partial charge in [-0.25, -0.2) is 0 Å². The second kappa shape index (κ2) is 7.84. The predicted octanol–water partition coefficient (Wildman–Crippen LogP) is 5.13. The van der Waals surface area contributed by atoms with Crippen molar-refractivity contribution in [1.29, 1.82) is 0 Å². The molecular weight excluding hydrogens is 411 g/mol. The fourth-order valence-electron chi connectivity index (χ4n) is 2.68. The standard InChI is InChI=1S/C19H14F3NO3S2/c1-25-14-8-3-5-11(16(14)26-2)9-15-17(24)23(18(27)28-15)13-7-4-6-12(10-13)19(20,21)22/h3-10H,1-2H3/b15-9-. The summed E-state index contributed by atoms with van der Waals surface area (Å²) in [7, 11) is 2.97. The first-order chi connectivity index (χ1) is 13.3. The highest BCUT2D eigenvalue weighted by Gasteiger charge is 2.36. The number of hydrogen-bond donors (Lipinski definition) is 0. The molecule has 2 aromatic carbocycles. The molecule has 1 aliphatic heterocycles. The number of para-hydroxylation sites is 1. The highest BCUT2D eigenvalue weighted by atomic mass is 32.2. The quantitative estimate of drug-likeness (QED) is 0.502. The van der Waals surface area contributed by atoms with Crippen LogP contribution < -0.4 is 14.4 Å². The van der Waals surface area contributed by atoms with Crippen molar-refractivity contribution < 1.29 is 27.4 Å². The molecule has 1 saturated heterocycles. The topological polar surface area (TPSA) is 38.8 Å². The third-order valence-corrected chi connectivity index (χ3v) is 5.25. The Hall–Kier alpha value is -2.52. The van der Waals surface area contributed by atoms with Gasteiger partial charge >= 0.3 is 6.18 Å². The van der Waals surface area contributed by atoms with Gasteiger partial charge in [0.25, 0.3) is 5.91 Å². The van der Waals surface area contributed by atoms with Crippen LogP contribution in [0.2, 0.25) is 0 Å². The van der Waals surface area contributed by atoms with Crippen LogP contribution in [0.15, 0.2) is 47.4 Å². The van der Waals surface area contributed by atoms with E-state index >= 15 is 0 Å². The minimum atomic E-state index is -4.51. The Morgan fingerprint density at radius 3 is 2.46 bits per heavy atom. The second-order valence-electron chi connectivity index (χ2n) is 5.65. The van der Waals surface area contributed by atoms with Gasteiger partial charge < -0.3 is 9.47 Å². The molecule has 0 spiro atoms. The Balaban J connectivity index is 1.98. The van der Waals surface area contributed by atoms with Gasteiger partial charge in [0.05, 0.1) is 30.4 Å². The molecule has 1 amide bonds. The largest absolute Gasteiger partial charge is 0.493 e. The van der Waals surface area contributed by atoms with E-state index < -0.39 is 17.6 Å². The predicted molar refractivity (Wildman–Crippen MR) is 107 cm³/mol. The lowest BCUT2D eigenvalue weighted by Crippen LogP contribution is -2.27. The SMILES string of the molecule is COc1cccc(/C=C2\SC(=S)N(c3cccc(C(F)(F)F)c3)C2=O)c1OC. The number of nitrogens with zero attached hydrogens (tertiary/aromatic N) is 1. The lowest BCUT2D eigenvalue weighted by Gasteiger charge is -2.16. The third kappa shape index (κ3) is 3.85. The lowest BCUT2D eigenvalue weighted by molar-refractivity contribution is -0.137. The van der Waals surface area contributed by atoms with Crippen LogP contribution in [-0.4, -0.2) is 24.4 Å². The Morgan fingerprint density at radius 2 is 1.82 bits per heavy atom. The molecule has 4 nitrogen and oxygen atoms in total. The van der Waals surface area contributed by atoms with Crippen molar-refractivity contribution in [2.75, 3.05) is 19.1 Å². The highest BCUT2D eigenvalue weighted by molar-refractivity contribution is 8.27. The molecule has 0 radical (unpaired) electrons. The van der Waals surface area contributed by atoms with Crippen LogP contribution in [0.4, 0.5) is 18.9 Å². The maximum absolute atomic E-state index is 13.0. The van der Waals surface area contributed by atoms with E-state index in [1.54, 1.807) is 24.3 Å². The van der Waals surface area contributed by atoms with Crippen molar-refractivity contribution in [2.24, 2.45) is 0 Å². The van der Waals surface area contributed by atoms with E-state index in [1.165, 1.54) is 26.4 Å². The molecule has 9 heteroatoms. The fraction of sp³-hybridized carbons (Fsp3) is 0.158. The molecule has 28 heavy (non-hydrogen) atoms. The summed E-state index contributed by atoms with van der Waals surface area (Å²) in [5.74, 6) is 0.429. The summed E-state index contributed by atoms with van der Waals surface area (Å²) in [6.07, 6.45) is -2.94. The van der Waals surface area contributed by atoms with Gasteiger partial charge in [0.15, 0.2) is 15.8 Å². The van der Waals surface area contributed by atoms with Gasteiger partial charge in [-0.15, -0.1) is 0 Å². The maximum Gasteiger partial charge on any atom is 0.416 e.